The van der Waals surface area contributed by atoms with Gasteiger partial charge in [-0.25, -0.2) is 0 Å². The van der Waals surface area contributed by atoms with Gasteiger partial charge in [0.2, 0.25) is 0 Å². The van der Waals surface area contributed by atoms with Crippen molar-refractivity contribution in [2.45, 2.75) is 12.5 Å². The molecular formula is C8H17NO8S. The number of nitrogens with two attached hydrogens (primary N) is 1. The average Bonchev–Trinajstić information content (AvgIpc) is 2.20. The van der Waals surface area contributed by atoms with Crippen molar-refractivity contribution in [2.24, 2.45) is 11.7 Å². The van der Waals surface area contributed by atoms with Crippen molar-refractivity contribution < 1.29 is 37.5 Å². The lowest BCUT2D eigenvalue weighted by Gasteiger charge is -2.21. The first-order valence-electron chi connectivity index (χ1n) is 4.95. The summed E-state index contributed by atoms with van der Waals surface area (Å²) in [4.78, 5) is 10.5. The van der Waals surface area contributed by atoms with Gasteiger partial charge >= 0.3 is 5.97 Å². The fourth-order valence-electron chi connectivity index (χ4n) is 1.17. The lowest BCUT2D eigenvalue weighted by Crippen LogP contribution is -2.38. The molecule has 5 N–H and O–H groups in total. The number of aliphatic hydroxyl groups excluding tert-OH is 1. The molecule has 0 rings (SSSR count). The van der Waals surface area contributed by atoms with Crippen molar-refractivity contribution in [2.75, 3.05) is 25.9 Å². The molecule has 0 bridgehead atoms. The standard InChI is InChI=1S/C8H17NO8S/c9-7(1-8(11)12)6(2-16-4-10)3-17-5-18(13,14)15/h6-7,10H,1-5,9H2,(H,11,12)(H,13,14,15). The van der Waals surface area contributed by atoms with Crippen LogP contribution in [-0.4, -0.2) is 61.1 Å². The van der Waals surface area contributed by atoms with Crippen LogP contribution in [0.1, 0.15) is 6.42 Å². The fourth-order valence-corrected chi connectivity index (χ4v) is 1.48. The van der Waals surface area contributed by atoms with Gasteiger partial charge in [0, 0.05) is 12.0 Å². The van der Waals surface area contributed by atoms with Crippen molar-refractivity contribution in [1.82, 2.24) is 0 Å². The number of carboxylic acids is 1. The Bertz CT molecular complexity index is 343. The highest BCUT2D eigenvalue weighted by atomic mass is 32.2. The summed E-state index contributed by atoms with van der Waals surface area (Å²) in [5.41, 5.74) is 5.58. The SMILES string of the molecule is NC(CC(=O)O)C(COCO)COCS(=O)(=O)O. The molecule has 18 heavy (non-hydrogen) atoms. The average molecular weight is 287 g/mol. The van der Waals surface area contributed by atoms with E-state index in [0.717, 1.165) is 0 Å². The molecule has 2 atom stereocenters. The molecule has 0 aromatic heterocycles. The number of hydrogen-bond acceptors (Lipinski definition) is 7. The van der Waals surface area contributed by atoms with Gasteiger partial charge in [0.1, 0.15) is 6.79 Å². The zero-order valence-corrected chi connectivity index (χ0v) is 10.4. The van der Waals surface area contributed by atoms with Gasteiger partial charge in [-0.1, -0.05) is 0 Å². The van der Waals surface area contributed by atoms with Gasteiger partial charge < -0.3 is 25.4 Å². The quantitative estimate of drug-likeness (QED) is 0.269. The van der Waals surface area contributed by atoms with Crippen LogP contribution in [0, 0.1) is 5.92 Å². The van der Waals surface area contributed by atoms with E-state index in [4.69, 9.17) is 20.5 Å². The summed E-state index contributed by atoms with van der Waals surface area (Å²) >= 11 is 0. The number of carboxylic acid groups (broad SMARTS) is 1. The van der Waals surface area contributed by atoms with Gasteiger partial charge in [0.25, 0.3) is 10.1 Å². The van der Waals surface area contributed by atoms with E-state index in [2.05, 4.69) is 9.47 Å². The van der Waals surface area contributed by atoms with E-state index in [1.807, 2.05) is 0 Å². The maximum absolute atomic E-state index is 10.5. The summed E-state index contributed by atoms with van der Waals surface area (Å²) in [6, 6.07) is -0.824. The molecular weight excluding hydrogens is 270 g/mol. The lowest BCUT2D eigenvalue weighted by molar-refractivity contribution is -0.138. The molecule has 0 aromatic rings. The zero-order valence-electron chi connectivity index (χ0n) is 9.56. The highest BCUT2D eigenvalue weighted by Gasteiger charge is 2.22. The second-order valence-corrected chi connectivity index (χ2v) is 4.99. The van der Waals surface area contributed by atoms with Crippen LogP contribution >= 0.6 is 0 Å². The van der Waals surface area contributed by atoms with Gasteiger partial charge in [-0.2, -0.15) is 8.42 Å². The molecule has 0 aromatic carbocycles. The third-order valence-corrected chi connectivity index (χ3v) is 2.47. The van der Waals surface area contributed by atoms with Gasteiger partial charge in [-0.15, -0.1) is 0 Å². The van der Waals surface area contributed by atoms with Crippen LogP contribution in [-0.2, 0) is 24.4 Å². The lowest BCUT2D eigenvalue weighted by atomic mass is 10.00. The molecule has 2 unspecified atom stereocenters. The van der Waals surface area contributed by atoms with Crippen LogP contribution < -0.4 is 5.73 Å². The molecule has 0 spiro atoms. The van der Waals surface area contributed by atoms with Crippen molar-refractivity contribution in [3.05, 3.63) is 0 Å². The number of hydrogen-bond donors (Lipinski definition) is 4. The second-order valence-electron chi connectivity index (χ2n) is 3.59. The van der Waals surface area contributed by atoms with E-state index in [1.54, 1.807) is 0 Å². The smallest absolute Gasteiger partial charge is 0.304 e. The fraction of sp³-hybridized carbons (Fsp3) is 0.875. The summed E-state index contributed by atoms with van der Waals surface area (Å²) < 4.78 is 38.6. The molecule has 0 fully saturated rings. The van der Waals surface area contributed by atoms with Gasteiger partial charge in [0.15, 0.2) is 5.94 Å². The summed E-state index contributed by atoms with van der Waals surface area (Å²) in [7, 11) is -4.26. The summed E-state index contributed by atoms with van der Waals surface area (Å²) in [5, 5.41) is 17.0. The Hall–Kier alpha value is -0.780. The van der Waals surface area contributed by atoms with Crippen LogP contribution in [0.5, 0.6) is 0 Å². The van der Waals surface area contributed by atoms with Crippen LogP contribution in [0.25, 0.3) is 0 Å². The Labute approximate surface area is 104 Å². The topological polar surface area (TPSA) is 156 Å². The number of ether oxygens (including phenoxy) is 2. The minimum atomic E-state index is -4.26. The molecule has 0 saturated carbocycles. The van der Waals surface area contributed by atoms with Crippen LogP contribution in [0.4, 0.5) is 0 Å². The van der Waals surface area contributed by atoms with E-state index in [-0.39, 0.29) is 19.6 Å². The van der Waals surface area contributed by atoms with E-state index in [1.165, 1.54) is 0 Å². The Balaban J connectivity index is 4.25. The Kier molecular flexibility index (Phi) is 7.98. The van der Waals surface area contributed by atoms with Crippen molar-refractivity contribution >= 4 is 16.1 Å². The number of aliphatic hydroxyl groups is 1. The third-order valence-electron chi connectivity index (χ3n) is 2.00. The monoisotopic (exact) mass is 287 g/mol. The molecule has 9 nitrogen and oxygen atoms in total. The van der Waals surface area contributed by atoms with Crippen molar-refractivity contribution in [1.29, 1.82) is 0 Å². The first-order chi connectivity index (χ1) is 8.26. The molecule has 0 heterocycles. The first kappa shape index (κ1) is 17.2. The minimum Gasteiger partial charge on any atom is -0.481 e. The first-order valence-corrected chi connectivity index (χ1v) is 6.56. The summed E-state index contributed by atoms with van der Waals surface area (Å²) in [6.07, 6.45) is -0.352. The predicted octanol–water partition coefficient (Wildman–Crippen LogP) is -1.77. The molecule has 0 aliphatic carbocycles. The predicted molar refractivity (Wildman–Crippen MR) is 59.1 cm³/mol. The Morgan fingerprint density at radius 2 is 1.83 bits per heavy atom. The maximum atomic E-state index is 10.5. The number of rotatable bonds is 10. The largest absolute Gasteiger partial charge is 0.481 e. The van der Waals surface area contributed by atoms with E-state index in [0.29, 0.717) is 0 Å². The molecule has 0 amide bonds. The normalized spacial score (nSPS) is 15.3. The van der Waals surface area contributed by atoms with Gasteiger partial charge in [0.05, 0.1) is 19.6 Å². The number of aliphatic carboxylic acids is 1. The van der Waals surface area contributed by atoms with Crippen molar-refractivity contribution in [3.63, 3.8) is 0 Å². The maximum Gasteiger partial charge on any atom is 0.304 e. The van der Waals surface area contributed by atoms with Gasteiger partial charge in [-0.3, -0.25) is 9.35 Å². The van der Waals surface area contributed by atoms with E-state index in [9.17, 15) is 13.2 Å². The van der Waals surface area contributed by atoms with Gasteiger partial charge in [-0.05, 0) is 0 Å². The molecule has 0 aliphatic heterocycles. The summed E-state index contributed by atoms with van der Waals surface area (Å²) in [5.74, 6) is -2.65. The second kappa shape index (κ2) is 8.34. The zero-order chi connectivity index (χ0) is 14.2. The highest BCUT2D eigenvalue weighted by Crippen LogP contribution is 2.08. The van der Waals surface area contributed by atoms with Crippen LogP contribution in [0.15, 0.2) is 0 Å². The Morgan fingerprint density at radius 1 is 1.28 bits per heavy atom. The summed E-state index contributed by atoms with van der Waals surface area (Å²) in [6.45, 7) is -0.876. The Morgan fingerprint density at radius 3 is 2.28 bits per heavy atom. The third kappa shape index (κ3) is 9.27. The molecule has 0 saturated heterocycles. The molecule has 0 radical (unpaired) electrons. The molecule has 10 heteroatoms. The van der Waals surface area contributed by atoms with Crippen LogP contribution in [0.3, 0.4) is 0 Å². The molecule has 108 valence electrons. The molecule has 0 aliphatic rings. The minimum absolute atomic E-state index is 0.0869. The van der Waals surface area contributed by atoms with E-state index >= 15 is 0 Å². The van der Waals surface area contributed by atoms with Crippen LogP contribution in [0.2, 0.25) is 0 Å². The van der Waals surface area contributed by atoms with Crippen molar-refractivity contribution in [3.8, 4) is 0 Å². The van der Waals surface area contributed by atoms with E-state index < -0.39 is 40.8 Å². The number of carbonyl (C=O) groups is 1. The highest BCUT2D eigenvalue weighted by molar-refractivity contribution is 7.85.